The predicted octanol–water partition coefficient (Wildman–Crippen LogP) is 6.36. The zero-order valence-electron chi connectivity index (χ0n) is 24.1. The summed E-state index contributed by atoms with van der Waals surface area (Å²) in [6.45, 7) is 2.75. The molecule has 11 heteroatoms. The molecule has 0 unspecified atom stereocenters. The van der Waals surface area contributed by atoms with Crippen molar-refractivity contribution in [1.29, 1.82) is 0 Å². The molecule has 0 fully saturated rings. The van der Waals surface area contributed by atoms with E-state index in [1.807, 2.05) is 6.92 Å². The van der Waals surface area contributed by atoms with E-state index in [0.29, 0.717) is 42.1 Å². The van der Waals surface area contributed by atoms with Crippen LogP contribution in [0.2, 0.25) is 0 Å². The van der Waals surface area contributed by atoms with Crippen LogP contribution in [-0.4, -0.2) is 38.9 Å². The lowest BCUT2D eigenvalue weighted by Crippen LogP contribution is -2.22. The molecule has 0 aliphatic carbocycles. The first-order chi connectivity index (χ1) is 20.6. The number of nitrogens with two attached hydrogens (primary N) is 2. The third-order valence-corrected chi connectivity index (χ3v) is 6.02. The van der Waals surface area contributed by atoms with Gasteiger partial charge in [-0.15, -0.1) is 0 Å². The van der Waals surface area contributed by atoms with Crippen LogP contribution in [0.5, 0.6) is 17.2 Å². The number of carbonyl (C=O) groups is 2. The zero-order valence-corrected chi connectivity index (χ0v) is 24.1. The van der Waals surface area contributed by atoms with Gasteiger partial charge in [-0.3, -0.25) is 0 Å². The van der Waals surface area contributed by atoms with E-state index in [0.717, 1.165) is 12.8 Å². The lowest BCUT2D eigenvalue weighted by atomic mass is 10.1. The third-order valence-electron chi connectivity index (χ3n) is 6.02. The maximum absolute atomic E-state index is 14.9. The Morgan fingerprint density at radius 2 is 1.51 bits per heavy atom. The smallest absolute Gasteiger partial charge is 0.426 e. The number of unbranched alkanes of at least 4 members (excludes halogenated alkanes) is 2. The lowest BCUT2D eigenvalue weighted by molar-refractivity contribution is -0.185. The van der Waals surface area contributed by atoms with Crippen molar-refractivity contribution < 1.29 is 42.1 Å². The van der Waals surface area contributed by atoms with Crippen molar-refractivity contribution in [2.45, 2.75) is 38.7 Å². The molecule has 0 saturated heterocycles. The highest BCUT2D eigenvalue weighted by molar-refractivity contribution is 5.91. The number of alkyl halides is 2. The fourth-order valence-electron chi connectivity index (χ4n) is 3.78. The van der Waals surface area contributed by atoms with Crippen LogP contribution in [0.1, 0.15) is 54.1 Å². The molecular formula is C32H36F2N2O7. The summed E-state index contributed by atoms with van der Waals surface area (Å²) in [5.41, 5.74) is 12.5. The lowest BCUT2D eigenvalue weighted by Gasteiger charge is -2.20. The van der Waals surface area contributed by atoms with Crippen molar-refractivity contribution in [2.75, 3.05) is 38.4 Å². The van der Waals surface area contributed by atoms with E-state index in [9.17, 15) is 18.4 Å². The fourth-order valence-corrected chi connectivity index (χ4v) is 3.78. The molecule has 3 aromatic rings. The van der Waals surface area contributed by atoms with Crippen LogP contribution in [0.4, 0.5) is 20.2 Å². The second kappa shape index (κ2) is 16.0. The number of ether oxygens (including phenoxy) is 5. The molecule has 0 heterocycles. The monoisotopic (exact) mass is 598 g/mol. The summed E-state index contributed by atoms with van der Waals surface area (Å²) >= 11 is 0. The summed E-state index contributed by atoms with van der Waals surface area (Å²) in [5, 5.41) is 0. The molecule has 0 bridgehead atoms. The number of carbonyl (C=O) groups excluding carboxylic acids is 2. The Bertz CT molecular complexity index is 1370. The fraction of sp³-hybridized carbons (Fsp3) is 0.312. The van der Waals surface area contributed by atoms with Crippen LogP contribution in [-0.2, 0) is 20.4 Å². The Morgan fingerprint density at radius 1 is 0.837 bits per heavy atom. The molecule has 230 valence electrons. The first-order valence-electron chi connectivity index (χ1n) is 13.8. The predicted molar refractivity (Wildman–Crippen MR) is 159 cm³/mol. The van der Waals surface area contributed by atoms with Gasteiger partial charge in [-0.2, -0.15) is 8.78 Å². The van der Waals surface area contributed by atoms with Gasteiger partial charge < -0.3 is 35.2 Å². The van der Waals surface area contributed by atoms with Crippen molar-refractivity contribution in [3.05, 3.63) is 83.4 Å². The Kier molecular flexibility index (Phi) is 12.2. The van der Waals surface area contributed by atoms with E-state index in [-0.39, 0.29) is 35.8 Å². The van der Waals surface area contributed by atoms with E-state index in [1.54, 1.807) is 0 Å². The Labute approximate surface area is 249 Å². The summed E-state index contributed by atoms with van der Waals surface area (Å²) in [6, 6.07) is 14.2. The molecule has 3 rings (SSSR count). The second-order valence-corrected chi connectivity index (χ2v) is 9.49. The van der Waals surface area contributed by atoms with Crippen LogP contribution in [0.3, 0.4) is 0 Å². The minimum absolute atomic E-state index is 0.0631. The number of benzene rings is 3. The number of esters is 2. The van der Waals surface area contributed by atoms with Gasteiger partial charge in [-0.25, -0.2) is 9.59 Å². The van der Waals surface area contributed by atoms with E-state index >= 15 is 0 Å². The van der Waals surface area contributed by atoms with Gasteiger partial charge in [-0.05, 0) is 79.4 Å². The van der Waals surface area contributed by atoms with Crippen molar-refractivity contribution in [3.63, 3.8) is 0 Å². The molecule has 4 N–H and O–H groups in total. The number of nitrogen functional groups attached to an aromatic ring is 2. The van der Waals surface area contributed by atoms with Crippen LogP contribution in [0, 0.1) is 0 Å². The molecule has 0 aliphatic rings. The van der Waals surface area contributed by atoms with Crippen LogP contribution >= 0.6 is 0 Å². The van der Waals surface area contributed by atoms with Crippen molar-refractivity contribution >= 4 is 29.4 Å². The summed E-state index contributed by atoms with van der Waals surface area (Å²) in [6.07, 6.45) is 1.83. The van der Waals surface area contributed by atoms with E-state index in [1.165, 1.54) is 79.9 Å². The number of hydrogen-bond acceptors (Lipinski definition) is 9. The molecule has 0 saturated carbocycles. The Hall–Kier alpha value is -4.80. The maximum Gasteiger partial charge on any atom is 0.426 e. The minimum Gasteiger partial charge on any atom is -0.493 e. The van der Waals surface area contributed by atoms with Gasteiger partial charge in [0.2, 0.25) is 0 Å². The molecule has 0 amide bonds. The SMILES string of the molecule is CCCCOc1ccc(C(F)(F)Oc2ccc(C=CC(=O)OCCCCOC(=O)c3cc(N)cc(N)c3)cc2)cc1OC. The van der Waals surface area contributed by atoms with Gasteiger partial charge in [0.1, 0.15) is 5.75 Å². The normalized spacial score (nSPS) is 11.3. The first kappa shape index (κ1) is 32.7. The molecule has 43 heavy (non-hydrogen) atoms. The van der Waals surface area contributed by atoms with Gasteiger partial charge in [0.05, 0.1) is 38.1 Å². The zero-order chi connectivity index (χ0) is 31.2. The second-order valence-electron chi connectivity index (χ2n) is 9.49. The van der Waals surface area contributed by atoms with Crippen LogP contribution < -0.4 is 25.7 Å². The van der Waals surface area contributed by atoms with Crippen LogP contribution in [0.25, 0.3) is 6.08 Å². The molecular weight excluding hydrogens is 562 g/mol. The highest BCUT2D eigenvalue weighted by atomic mass is 19.3. The van der Waals surface area contributed by atoms with Gasteiger partial charge in [0.25, 0.3) is 0 Å². The maximum atomic E-state index is 14.9. The largest absolute Gasteiger partial charge is 0.493 e. The van der Waals surface area contributed by atoms with E-state index in [4.69, 9.17) is 35.2 Å². The summed E-state index contributed by atoms with van der Waals surface area (Å²) < 4.78 is 55.8. The summed E-state index contributed by atoms with van der Waals surface area (Å²) in [7, 11) is 1.38. The average molecular weight is 599 g/mol. The number of hydrogen-bond donors (Lipinski definition) is 2. The van der Waals surface area contributed by atoms with E-state index in [2.05, 4.69) is 0 Å². The van der Waals surface area contributed by atoms with E-state index < -0.39 is 18.0 Å². The number of rotatable bonds is 16. The highest BCUT2D eigenvalue weighted by Crippen LogP contribution is 2.37. The molecule has 3 aromatic carbocycles. The molecule has 0 radical (unpaired) electrons. The molecule has 0 aromatic heterocycles. The summed E-state index contributed by atoms with van der Waals surface area (Å²) in [5.74, 6) is -0.608. The van der Waals surface area contributed by atoms with Gasteiger partial charge in [0.15, 0.2) is 11.5 Å². The van der Waals surface area contributed by atoms with Crippen molar-refractivity contribution in [3.8, 4) is 17.2 Å². The molecule has 0 aliphatic heterocycles. The van der Waals surface area contributed by atoms with Gasteiger partial charge >= 0.3 is 18.0 Å². The van der Waals surface area contributed by atoms with Gasteiger partial charge in [-0.1, -0.05) is 25.5 Å². The number of methoxy groups -OCH3 is 1. The summed E-state index contributed by atoms with van der Waals surface area (Å²) in [4.78, 5) is 24.1. The number of halogens is 2. The van der Waals surface area contributed by atoms with Crippen molar-refractivity contribution in [1.82, 2.24) is 0 Å². The Morgan fingerprint density at radius 3 is 2.16 bits per heavy atom. The Balaban J connectivity index is 1.41. The molecule has 0 spiro atoms. The van der Waals surface area contributed by atoms with Crippen LogP contribution in [0.15, 0.2) is 66.7 Å². The minimum atomic E-state index is -3.63. The standard InChI is InChI=1S/C32H36F2N2O7/c1-3-4-15-40-28-13-10-24(20-29(28)39-2)32(33,34)43-27-11-7-22(8-12-27)9-14-30(37)41-16-5-6-17-42-31(38)23-18-25(35)21-26(36)19-23/h7-14,18-21H,3-6,15-17,35-36H2,1-2H3. The average Bonchev–Trinajstić information content (AvgIpc) is 2.98. The third kappa shape index (κ3) is 10.5. The highest BCUT2D eigenvalue weighted by Gasteiger charge is 2.35. The quantitative estimate of drug-likeness (QED) is 0.0836. The number of anilines is 2. The molecule has 0 atom stereocenters. The molecule has 9 nitrogen and oxygen atoms in total. The topological polar surface area (TPSA) is 132 Å². The van der Waals surface area contributed by atoms with Crippen molar-refractivity contribution in [2.24, 2.45) is 0 Å². The van der Waals surface area contributed by atoms with Gasteiger partial charge in [0, 0.05) is 17.5 Å². The first-order valence-corrected chi connectivity index (χ1v) is 13.8.